The van der Waals surface area contributed by atoms with Crippen molar-refractivity contribution in [2.75, 3.05) is 0 Å². The van der Waals surface area contributed by atoms with Crippen LogP contribution in [0.15, 0.2) is 231 Å². The second kappa shape index (κ2) is 19.9. The zero-order chi connectivity index (χ0) is 52.7. The fourth-order valence-corrected chi connectivity index (χ4v) is 15.9. The standard InChI is InChI=1S/C67H50N10Si/c1-43-68-44(2)71-65(70-43)50-33-37-61-58(40-50)59-41-51(66-72-45(3)69-46(4)73-66)34-38-62(59)77(61)52-35-36-57(60(42-52)67-75-63(47-21-10-5-11-22-47)74-64(76-67)48-23-12-6-13-24-48)49-25-20-32-56(39-49)78(53-26-14-7-15-27-53,54-28-16-8-17-29-54)55-30-18-9-19-31-55/h5-42H,1-4H3. The first-order valence-electron chi connectivity index (χ1n) is 26.0. The van der Waals surface area contributed by atoms with Crippen LogP contribution in [0, 0.1) is 27.7 Å². The van der Waals surface area contributed by atoms with Crippen LogP contribution in [0.1, 0.15) is 23.3 Å². The highest BCUT2D eigenvalue weighted by atomic mass is 28.3. The van der Waals surface area contributed by atoms with Gasteiger partial charge < -0.3 is 4.57 Å². The van der Waals surface area contributed by atoms with Crippen LogP contribution < -0.4 is 20.7 Å². The van der Waals surface area contributed by atoms with Gasteiger partial charge >= 0.3 is 0 Å². The Kier molecular flexibility index (Phi) is 12.2. The van der Waals surface area contributed by atoms with Crippen LogP contribution in [0.3, 0.4) is 0 Å². The topological polar surface area (TPSA) is 121 Å². The molecule has 13 rings (SSSR count). The van der Waals surface area contributed by atoms with E-state index in [2.05, 4.69) is 209 Å². The molecule has 0 radical (unpaired) electrons. The van der Waals surface area contributed by atoms with Gasteiger partial charge in [-0.3, -0.25) is 0 Å². The normalized spacial score (nSPS) is 11.6. The molecule has 0 amide bonds. The van der Waals surface area contributed by atoms with Gasteiger partial charge in [-0.15, -0.1) is 0 Å². The van der Waals surface area contributed by atoms with Crippen LogP contribution in [0.5, 0.6) is 0 Å². The number of aryl methyl sites for hydroxylation is 4. The van der Waals surface area contributed by atoms with E-state index in [1.807, 2.05) is 64.1 Å². The Bertz CT molecular complexity index is 4060. The summed E-state index contributed by atoms with van der Waals surface area (Å²) in [7, 11) is -2.92. The summed E-state index contributed by atoms with van der Waals surface area (Å²) in [5, 5.41) is 7.18. The third-order valence-electron chi connectivity index (χ3n) is 14.4. The molecule has 10 nitrogen and oxygen atoms in total. The summed E-state index contributed by atoms with van der Waals surface area (Å²) < 4.78 is 2.32. The van der Waals surface area contributed by atoms with Gasteiger partial charge in [0.1, 0.15) is 23.3 Å². The first-order chi connectivity index (χ1) is 38.3. The minimum absolute atomic E-state index is 0.550. The fraction of sp³-hybridized carbons (Fsp3) is 0.0597. The summed E-state index contributed by atoms with van der Waals surface area (Å²) in [6, 6.07) is 82.2. The highest BCUT2D eigenvalue weighted by Gasteiger charge is 2.41. The molecule has 0 aliphatic rings. The average Bonchev–Trinajstić information content (AvgIpc) is 3.98. The highest BCUT2D eigenvalue weighted by Crippen LogP contribution is 2.40. The molecule has 0 fully saturated rings. The van der Waals surface area contributed by atoms with Gasteiger partial charge in [0.15, 0.2) is 37.2 Å². The Hall–Kier alpha value is -9.97. The molecule has 372 valence electrons. The molecule has 0 bridgehead atoms. The fourth-order valence-electron chi connectivity index (χ4n) is 11.1. The largest absolute Gasteiger partial charge is 0.309 e. The molecule has 0 aliphatic heterocycles. The van der Waals surface area contributed by atoms with E-state index >= 15 is 0 Å². The molecular formula is C67H50N10Si. The van der Waals surface area contributed by atoms with Crippen molar-refractivity contribution < 1.29 is 0 Å². The number of hydrogen-bond acceptors (Lipinski definition) is 9. The number of fused-ring (bicyclic) bond motifs is 3. The smallest absolute Gasteiger partial charge is 0.179 e. The zero-order valence-corrected chi connectivity index (χ0v) is 44.4. The van der Waals surface area contributed by atoms with Crippen molar-refractivity contribution in [3.8, 4) is 73.8 Å². The molecule has 11 heteroatoms. The van der Waals surface area contributed by atoms with Crippen LogP contribution >= 0.6 is 0 Å². The van der Waals surface area contributed by atoms with Crippen molar-refractivity contribution in [1.29, 1.82) is 0 Å². The molecule has 0 spiro atoms. The quantitative estimate of drug-likeness (QED) is 0.0921. The van der Waals surface area contributed by atoms with Crippen molar-refractivity contribution in [2.45, 2.75) is 27.7 Å². The Morgan fingerprint density at radius 2 is 0.654 bits per heavy atom. The Balaban J connectivity index is 1.09. The lowest BCUT2D eigenvalue weighted by Gasteiger charge is -2.34. The molecule has 4 aromatic heterocycles. The van der Waals surface area contributed by atoms with Gasteiger partial charge in [0.25, 0.3) is 0 Å². The predicted octanol–water partition coefficient (Wildman–Crippen LogP) is 12.0. The monoisotopic (exact) mass is 1020 g/mol. The first kappa shape index (κ1) is 47.7. The van der Waals surface area contributed by atoms with Gasteiger partial charge in [-0.2, -0.15) is 0 Å². The summed E-state index contributed by atoms with van der Waals surface area (Å²) in [5.74, 6) is 5.61. The van der Waals surface area contributed by atoms with Gasteiger partial charge in [-0.05, 0) is 108 Å². The van der Waals surface area contributed by atoms with E-state index in [1.54, 1.807) is 0 Å². The third kappa shape index (κ3) is 8.71. The van der Waals surface area contributed by atoms with E-state index in [-0.39, 0.29) is 0 Å². The van der Waals surface area contributed by atoms with E-state index in [4.69, 9.17) is 34.9 Å². The maximum absolute atomic E-state index is 5.40. The van der Waals surface area contributed by atoms with Crippen molar-refractivity contribution in [1.82, 2.24) is 49.4 Å². The molecule has 0 saturated carbocycles. The van der Waals surface area contributed by atoms with Crippen molar-refractivity contribution >= 4 is 50.6 Å². The second-order valence-corrected chi connectivity index (χ2v) is 23.3. The highest BCUT2D eigenvalue weighted by molar-refractivity contribution is 7.19. The average molecular weight is 1020 g/mol. The van der Waals surface area contributed by atoms with Crippen LogP contribution in [0.25, 0.3) is 95.6 Å². The lowest BCUT2D eigenvalue weighted by Crippen LogP contribution is -2.74. The minimum Gasteiger partial charge on any atom is -0.309 e. The molecule has 0 saturated heterocycles. The van der Waals surface area contributed by atoms with Gasteiger partial charge in [-0.1, -0.05) is 182 Å². The van der Waals surface area contributed by atoms with Crippen molar-refractivity contribution in [3.63, 3.8) is 0 Å². The van der Waals surface area contributed by atoms with Gasteiger partial charge in [-0.25, -0.2) is 44.9 Å². The number of aromatic nitrogens is 10. The Morgan fingerprint density at radius 3 is 1.10 bits per heavy atom. The third-order valence-corrected chi connectivity index (χ3v) is 19.2. The van der Waals surface area contributed by atoms with E-state index < -0.39 is 8.07 Å². The van der Waals surface area contributed by atoms with Crippen LogP contribution in [0.2, 0.25) is 0 Å². The van der Waals surface area contributed by atoms with E-state index in [1.165, 1.54) is 20.7 Å². The number of nitrogens with zero attached hydrogens (tertiary/aromatic N) is 10. The zero-order valence-electron chi connectivity index (χ0n) is 43.4. The molecule has 0 aliphatic carbocycles. The SMILES string of the molecule is Cc1nc(C)nc(-c2ccc3c(c2)c2cc(-c4nc(C)nc(C)n4)ccc2n3-c2ccc(-c3cccc([Si](c4ccccc4)(c4ccccc4)c4ccccc4)c3)c(-c3nc(-c4ccccc4)nc(-c4ccccc4)n3)c2)n1. The predicted molar refractivity (Wildman–Crippen MR) is 316 cm³/mol. The summed E-state index contributed by atoms with van der Waals surface area (Å²) >= 11 is 0. The number of rotatable bonds is 11. The maximum atomic E-state index is 5.40. The van der Waals surface area contributed by atoms with Crippen LogP contribution in [-0.2, 0) is 0 Å². The van der Waals surface area contributed by atoms with Gasteiger partial charge in [0, 0.05) is 44.3 Å². The molecular weight excluding hydrogens is 973 g/mol. The minimum atomic E-state index is -2.92. The lowest BCUT2D eigenvalue weighted by atomic mass is 9.98. The van der Waals surface area contributed by atoms with E-state index in [9.17, 15) is 0 Å². The lowest BCUT2D eigenvalue weighted by molar-refractivity contribution is 0.928. The summed E-state index contributed by atoms with van der Waals surface area (Å²) in [4.78, 5) is 44.0. The molecule has 13 aromatic rings. The second-order valence-electron chi connectivity index (χ2n) is 19.5. The molecule has 0 atom stereocenters. The van der Waals surface area contributed by atoms with Gasteiger partial charge in [0.2, 0.25) is 0 Å². The summed E-state index contributed by atoms with van der Waals surface area (Å²) in [6.45, 7) is 7.60. The van der Waals surface area contributed by atoms with Crippen LogP contribution in [-0.4, -0.2) is 57.5 Å². The Labute approximate surface area is 453 Å². The Morgan fingerprint density at radius 1 is 0.269 bits per heavy atom. The molecule has 0 N–H and O–H groups in total. The maximum Gasteiger partial charge on any atom is 0.179 e. The van der Waals surface area contributed by atoms with Crippen LogP contribution in [0.4, 0.5) is 0 Å². The molecule has 0 unspecified atom stereocenters. The first-order valence-corrected chi connectivity index (χ1v) is 28.0. The number of benzene rings is 9. The van der Waals surface area contributed by atoms with Crippen molar-refractivity contribution in [2.24, 2.45) is 0 Å². The van der Waals surface area contributed by atoms with E-state index in [0.717, 1.165) is 66.4 Å². The molecule has 78 heavy (non-hydrogen) atoms. The number of hydrogen-bond donors (Lipinski definition) is 0. The van der Waals surface area contributed by atoms with Crippen molar-refractivity contribution in [3.05, 3.63) is 254 Å². The summed E-state index contributed by atoms with van der Waals surface area (Å²) in [6.07, 6.45) is 0. The van der Waals surface area contributed by atoms with Gasteiger partial charge in [0.05, 0.1) is 11.0 Å². The summed E-state index contributed by atoms with van der Waals surface area (Å²) in [5.41, 5.74) is 9.34. The molecule has 9 aromatic carbocycles. The molecule has 4 heterocycles. The van der Waals surface area contributed by atoms with E-state index in [0.29, 0.717) is 52.4 Å².